The number of ketones is 1. The average molecular weight is 297 g/mol. The van der Waals surface area contributed by atoms with Crippen LogP contribution in [-0.4, -0.2) is 37.1 Å². The topological polar surface area (TPSA) is 91.6 Å². The summed E-state index contributed by atoms with van der Waals surface area (Å²) in [6.07, 6.45) is 2.48. The van der Waals surface area contributed by atoms with E-state index >= 15 is 0 Å². The van der Waals surface area contributed by atoms with E-state index in [-0.39, 0.29) is 12.2 Å². The Morgan fingerprint density at radius 3 is 2.85 bits per heavy atom. The maximum Gasteiger partial charge on any atom is 0.190 e. The number of Topliss-reactive ketones (excluding diaryl/α,β-unsaturated/α-hetero) is 1. The molecule has 20 heavy (non-hydrogen) atoms. The van der Waals surface area contributed by atoms with Gasteiger partial charge < -0.3 is 5.73 Å². The van der Waals surface area contributed by atoms with E-state index in [1.165, 1.54) is 0 Å². The maximum absolute atomic E-state index is 12.2. The molecule has 0 aromatic carbocycles. The molecule has 0 spiro atoms. The van der Waals surface area contributed by atoms with Crippen LogP contribution in [0, 0.1) is 0 Å². The first-order chi connectivity index (χ1) is 9.56. The standard InChI is InChI=1S/C12H17ClN6O/c1-3-8-12(13)10(18(2)16-8)6-11(20)9-7-19(5-4-14)17-15-9/h7H,3-6,14H2,1-2H3. The molecule has 0 atom stereocenters. The van der Waals surface area contributed by atoms with Crippen molar-refractivity contribution in [3.8, 4) is 0 Å². The van der Waals surface area contributed by atoms with Crippen LogP contribution in [0.5, 0.6) is 0 Å². The second-order valence-electron chi connectivity index (χ2n) is 4.44. The molecule has 0 aliphatic rings. The van der Waals surface area contributed by atoms with Crippen molar-refractivity contribution in [3.63, 3.8) is 0 Å². The van der Waals surface area contributed by atoms with Gasteiger partial charge in [0.15, 0.2) is 5.78 Å². The van der Waals surface area contributed by atoms with E-state index in [0.717, 1.165) is 12.1 Å². The van der Waals surface area contributed by atoms with E-state index in [1.807, 2.05) is 6.92 Å². The number of hydrogen-bond donors (Lipinski definition) is 1. The molecule has 0 bridgehead atoms. The molecule has 8 heteroatoms. The summed E-state index contributed by atoms with van der Waals surface area (Å²) in [5, 5.41) is 12.5. The summed E-state index contributed by atoms with van der Waals surface area (Å²) < 4.78 is 3.19. The second-order valence-corrected chi connectivity index (χ2v) is 4.82. The third-order valence-corrected chi connectivity index (χ3v) is 3.45. The number of rotatable bonds is 6. The van der Waals surface area contributed by atoms with Crippen molar-refractivity contribution < 1.29 is 4.79 Å². The van der Waals surface area contributed by atoms with E-state index in [2.05, 4.69) is 15.4 Å². The van der Waals surface area contributed by atoms with E-state index in [4.69, 9.17) is 17.3 Å². The molecule has 2 heterocycles. The lowest BCUT2D eigenvalue weighted by atomic mass is 10.1. The first kappa shape index (κ1) is 14.7. The van der Waals surface area contributed by atoms with Gasteiger partial charge in [-0.1, -0.05) is 23.7 Å². The summed E-state index contributed by atoms with van der Waals surface area (Å²) in [6, 6.07) is 0. The summed E-state index contributed by atoms with van der Waals surface area (Å²) in [6.45, 7) is 2.95. The Morgan fingerprint density at radius 2 is 2.25 bits per heavy atom. The highest BCUT2D eigenvalue weighted by Crippen LogP contribution is 2.22. The van der Waals surface area contributed by atoms with Gasteiger partial charge in [0.1, 0.15) is 5.69 Å². The van der Waals surface area contributed by atoms with Crippen LogP contribution in [0.15, 0.2) is 6.20 Å². The monoisotopic (exact) mass is 296 g/mol. The number of aromatic nitrogens is 5. The van der Waals surface area contributed by atoms with Crippen molar-refractivity contribution in [2.45, 2.75) is 26.3 Å². The van der Waals surface area contributed by atoms with Gasteiger partial charge >= 0.3 is 0 Å². The summed E-state index contributed by atoms with van der Waals surface area (Å²) in [4.78, 5) is 12.2. The van der Waals surface area contributed by atoms with E-state index in [9.17, 15) is 4.79 Å². The van der Waals surface area contributed by atoms with Crippen LogP contribution in [-0.2, 0) is 26.4 Å². The van der Waals surface area contributed by atoms with Gasteiger partial charge in [0.05, 0.1) is 35.6 Å². The van der Waals surface area contributed by atoms with Gasteiger partial charge in [-0.25, -0.2) is 0 Å². The molecule has 2 aromatic heterocycles. The third-order valence-electron chi connectivity index (χ3n) is 3.01. The fraction of sp³-hybridized carbons (Fsp3) is 0.500. The van der Waals surface area contributed by atoms with Crippen molar-refractivity contribution in [3.05, 3.63) is 28.3 Å². The molecular formula is C12H17ClN6O. The molecule has 0 radical (unpaired) electrons. The predicted octanol–water partition coefficient (Wildman–Crippen LogP) is 0.612. The molecule has 2 aromatic rings. The number of nitrogens with zero attached hydrogens (tertiary/aromatic N) is 5. The van der Waals surface area contributed by atoms with Gasteiger partial charge in [0.2, 0.25) is 0 Å². The van der Waals surface area contributed by atoms with Crippen LogP contribution in [0.2, 0.25) is 5.02 Å². The summed E-state index contributed by atoms with van der Waals surface area (Å²) in [7, 11) is 1.78. The zero-order valence-corrected chi connectivity index (χ0v) is 12.3. The Morgan fingerprint density at radius 1 is 1.50 bits per heavy atom. The molecule has 2 rings (SSSR count). The highest BCUT2D eigenvalue weighted by atomic mass is 35.5. The molecule has 2 N–H and O–H groups in total. The second kappa shape index (κ2) is 6.15. The first-order valence-corrected chi connectivity index (χ1v) is 6.78. The van der Waals surface area contributed by atoms with Crippen molar-refractivity contribution in [1.29, 1.82) is 0 Å². The summed E-state index contributed by atoms with van der Waals surface area (Å²) in [5.74, 6) is -0.138. The minimum atomic E-state index is -0.138. The molecule has 0 fully saturated rings. The Hall–Kier alpha value is -1.73. The summed E-state index contributed by atoms with van der Waals surface area (Å²) >= 11 is 6.22. The third kappa shape index (κ3) is 2.88. The normalized spacial score (nSPS) is 11.0. The van der Waals surface area contributed by atoms with E-state index in [0.29, 0.717) is 29.5 Å². The Balaban J connectivity index is 2.16. The SMILES string of the molecule is CCc1nn(C)c(CC(=O)c2cn(CCN)nn2)c1Cl. The largest absolute Gasteiger partial charge is 0.329 e. The smallest absolute Gasteiger partial charge is 0.190 e. The van der Waals surface area contributed by atoms with Crippen molar-refractivity contribution in [2.24, 2.45) is 12.8 Å². The van der Waals surface area contributed by atoms with Gasteiger partial charge in [0.25, 0.3) is 0 Å². The van der Waals surface area contributed by atoms with Crippen LogP contribution in [0.1, 0.15) is 28.8 Å². The fourth-order valence-corrected chi connectivity index (χ4v) is 2.28. The molecule has 0 saturated carbocycles. The van der Waals surface area contributed by atoms with Gasteiger partial charge in [-0.3, -0.25) is 14.2 Å². The van der Waals surface area contributed by atoms with Gasteiger partial charge in [-0.05, 0) is 6.42 Å². The molecule has 0 amide bonds. The number of nitrogens with two attached hydrogens (primary N) is 1. The predicted molar refractivity (Wildman–Crippen MR) is 74.7 cm³/mol. The van der Waals surface area contributed by atoms with Crippen molar-refractivity contribution in [2.75, 3.05) is 6.54 Å². The lowest BCUT2D eigenvalue weighted by Crippen LogP contribution is -2.10. The number of hydrogen-bond acceptors (Lipinski definition) is 5. The van der Waals surface area contributed by atoms with Gasteiger partial charge in [0, 0.05) is 13.6 Å². The lowest BCUT2D eigenvalue weighted by molar-refractivity contribution is 0.0986. The molecule has 0 aliphatic heterocycles. The molecular weight excluding hydrogens is 280 g/mol. The summed E-state index contributed by atoms with van der Waals surface area (Å²) in [5.41, 5.74) is 7.23. The van der Waals surface area contributed by atoms with Gasteiger partial charge in [-0.15, -0.1) is 5.10 Å². The highest BCUT2D eigenvalue weighted by Gasteiger charge is 2.19. The Kier molecular flexibility index (Phi) is 4.51. The number of carbonyl (C=O) groups is 1. The fourth-order valence-electron chi connectivity index (χ4n) is 1.92. The first-order valence-electron chi connectivity index (χ1n) is 6.40. The molecule has 7 nitrogen and oxygen atoms in total. The zero-order chi connectivity index (χ0) is 14.7. The lowest BCUT2D eigenvalue weighted by Gasteiger charge is -2.00. The maximum atomic E-state index is 12.2. The Bertz CT molecular complexity index is 617. The Labute approximate surface area is 121 Å². The minimum Gasteiger partial charge on any atom is -0.329 e. The number of carbonyl (C=O) groups excluding carboxylic acids is 1. The average Bonchev–Trinajstić information content (AvgIpc) is 2.99. The highest BCUT2D eigenvalue weighted by molar-refractivity contribution is 6.32. The number of aryl methyl sites for hydroxylation is 2. The van der Waals surface area contributed by atoms with Crippen molar-refractivity contribution in [1.82, 2.24) is 24.8 Å². The molecule has 108 valence electrons. The van der Waals surface area contributed by atoms with Crippen LogP contribution >= 0.6 is 11.6 Å². The van der Waals surface area contributed by atoms with Gasteiger partial charge in [-0.2, -0.15) is 5.10 Å². The molecule has 0 aliphatic carbocycles. The van der Waals surface area contributed by atoms with Crippen molar-refractivity contribution >= 4 is 17.4 Å². The van der Waals surface area contributed by atoms with E-state index < -0.39 is 0 Å². The minimum absolute atomic E-state index is 0.138. The van der Waals surface area contributed by atoms with Crippen LogP contribution < -0.4 is 5.73 Å². The van der Waals surface area contributed by atoms with Crippen LogP contribution in [0.3, 0.4) is 0 Å². The zero-order valence-electron chi connectivity index (χ0n) is 11.5. The van der Waals surface area contributed by atoms with Crippen LogP contribution in [0.25, 0.3) is 0 Å². The van der Waals surface area contributed by atoms with Crippen LogP contribution in [0.4, 0.5) is 0 Å². The molecule has 0 saturated heterocycles. The quantitative estimate of drug-likeness (QED) is 0.789. The van der Waals surface area contributed by atoms with E-state index in [1.54, 1.807) is 22.6 Å². The number of halogens is 1. The molecule has 0 unspecified atom stereocenters.